The number of aliphatic carboxylic acids is 1. The summed E-state index contributed by atoms with van der Waals surface area (Å²) in [7, 11) is 0. The standard InChI is InChI=1S/C11H7FN4O2/c12-9-3-7(5-13)1-2-10(9)16-8(4-11(17)18)6-14-15-16/h1-3,6H,4H2,(H,17,18). The van der Waals surface area contributed by atoms with E-state index in [2.05, 4.69) is 10.3 Å². The second-order valence-corrected chi connectivity index (χ2v) is 3.49. The van der Waals surface area contributed by atoms with Crippen molar-refractivity contribution in [3.05, 3.63) is 41.5 Å². The van der Waals surface area contributed by atoms with Crippen LogP contribution in [0.4, 0.5) is 4.39 Å². The summed E-state index contributed by atoms with van der Waals surface area (Å²) in [4.78, 5) is 10.6. The molecular weight excluding hydrogens is 239 g/mol. The number of rotatable bonds is 3. The Bertz CT molecular complexity index is 645. The van der Waals surface area contributed by atoms with E-state index in [0.29, 0.717) is 0 Å². The first kappa shape index (κ1) is 11.7. The average molecular weight is 246 g/mol. The molecular formula is C11H7FN4O2. The Kier molecular flexibility index (Phi) is 3.02. The zero-order valence-electron chi connectivity index (χ0n) is 9.04. The van der Waals surface area contributed by atoms with E-state index >= 15 is 0 Å². The Balaban J connectivity index is 2.46. The van der Waals surface area contributed by atoms with Gasteiger partial charge in [0.25, 0.3) is 0 Å². The molecule has 2 aromatic rings. The highest BCUT2D eigenvalue weighted by molar-refractivity contribution is 5.69. The summed E-state index contributed by atoms with van der Waals surface area (Å²) >= 11 is 0. The molecule has 0 saturated heterocycles. The normalized spacial score (nSPS) is 10.0. The van der Waals surface area contributed by atoms with Gasteiger partial charge in [0, 0.05) is 0 Å². The van der Waals surface area contributed by atoms with E-state index in [9.17, 15) is 9.18 Å². The predicted octanol–water partition coefficient (Wildman–Crippen LogP) is 0.905. The molecule has 0 spiro atoms. The van der Waals surface area contributed by atoms with Gasteiger partial charge in [-0.25, -0.2) is 9.07 Å². The molecule has 0 radical (unpaired) electrons. The van der Waals surface area contributed by atoms with Crippen molar-refractivity contribution < 1.29 is 14.3 Å². The number of hydrogen-bond donors (Lipinski definition) is 1. The largest absolute Gasteiger partial charge is 0.481 e. The third kappa shape index (κ3) is 2.17. The minimum Gasteiger partial charge on any atom is -0.481 e. The van der Waals surface area contributed by atoms with Crippen LogP contribution in [-0.2, 0) is 11.2 Å². The number of carboxylic acids is 1. The molecule has 7 heteroatoms. The van der Waals surface area contributed by atoms with Crippen molar-refractivity contribution >= 4 is 5.97 Å². The lowest BCUT2D eigenvalue weighted by atomic mass is 10.2. The Morgan fingerprint density at radius 2 is 2.33 bits per heavy atom. The molecule has 1 aromatic heterocycles. The summed E-state index contributed by atoms with van der Waals surface area (Å²) in [6.45, 7) is 0. The first-order chi connectivity index (χ1) is 8.61. The maximum absolute atomic E-state index is 13.7. The van der Waals surface area contributed by atoms with Crippen molar-refractivity contribution in [2.45, 2.75) is 6.42 Å². The third-order valence-corrected chi connectivity index (χ3v) is 2.26. The molecule has 90 valence electrons. The Morgan fingerprint density at radius 3 is 2.94 bits per heavy atom. The third-order valence-electron chi connectivity index (χ3n) is 2.26. The van der Waals surface area contributed by atoms with E-state index in [0.717, 1.165) is 10.7 Å². The summed E-state index contributed by atoms with van der Waals surface area (Å²) in [5, 5.41) is 24.5. The highest BCUT2D eigenvalue weighted by Gasteiger charge is 2.13. The van der Waals surface area contributed by atoms with Gasteiger partial charge in [-0.2, -0.15) is 5.26 Å². The van der Waals surface area contributed by atoms with Crippen molar-refractivity contribution in [2.24, 2.45) is 0 Å². The lowest BCUT2D eigenvalue weighted by Crippen LogP contribution is -2.09. The highest BCUT2D eigenvalue weighted by Crippen LogP contribution is 2.16. The molecule has 0 unspecified atom stereocenters. The van der Waals surface area contributed by atoms with Crippen molar-refractivity contribution in [3.63, 3.8) is 0 Å². The fourth-order valence-electron chi connectivity index (χ4n) is 1.48. The van der Waals surface area contributed by atoms with Gasteiger partial charge in [0.05, 0.1) is 29.9 Å². The molecule has 1 aromatic carbocycles. The van der Waals surface area contributed by atoms with E-state index in [1.165, 1.54) is 18.3 Å². The molecule has 18 heavy (non-hydrogen) atoms. The fraction of sp³-hybridized carbons (Fsp3) is 0.0909. The molecule has 6 nitrogen and oxygen atoms in total. The van der Waals surface area contributed by atoms with E-state index in [1.807, 2.05) is 6.07 Å². The SMILES string of the molecule is N#Cc1ccc(-n2nncc2CC(=O)O)c(F)c1. The minimum atomic E-state index is -1.06. The molecule has 0 aliphatic rings. The summed E-state index contributed by atoms with van der Waals surface area (Å²) in [6.07, 6.45) is 0.943. The molecule has 0 amide bonds. The maximum Gasteiger partial charge on any atom is 0.309 e. The van der Waals surface area contributed by atoms with E-state index < -0.39 is 11.8 Å². The lowest BCUT2D eigenvalue weighted by Gasteiger charge is -2.05. The maximum atomic E-state index is 13.7. The van der Waals surface area contributed by atoms with Gasteiger partial charge >= 0.3 is 5.97 Å². The fourth-order valence-corrected chi connectivity index (χ4v) is 1.48. The topological polar surface area (TPSA) is 91.8 Å². The van der Waals surface area contributed by atoms with Crippen molar-refractivity contribution in [1.82, 2.24) is 15.0 Å². The Labute approximate surface area is 101 Å². The number of nitrogens with zero attached hydrogens (tertiary/aromatic N) is 4. The van der Waals surface area contributed by atoms with Crippen LogP contribution in [0.3, 0.4) is 0 Å². The van der Waals surface area contributed by atoms with Crippen molar-refractivity contribution in [3.8, 4) is 11.8 Å². The highest BCUT2D eigenvalue weighted by atomic mass is 19.1. The van der Waals surface area contributed by atoms with Crippen LogP contribution in [0.25, 0.3) is 5.69 Å². The van der Waals surface area contributed by atoms with E-state index in [1.54, 1.807) is 0 Å². The summed E-state index contributed by atoms with van der Waals surface area (Å²) in [6, 6.07) is 5.64. The van der Waals surface area contributed by atoms with Gasteiger partial charge in [0.2, 0.25) is 0 Å². The number of carboxylic acid groups (broad SMARTS) is 1. The summed E-state index contributed by atoms with van der Waals surface area (Å²) in [5.41, 5.74) is 0.491. The van der Waals surface area contributed by atoms with Crippen LogP contribution in [0, 0.1) is 17.1 Å². The zero-order chi connectivity index (χ0) is 13.1. The molecule has 0 bridgehead atoms. The van der Waals surface area contributed by atoms with E-state index in [-0.39, 0.29) is 23.4 Å². The molecule has 1 heterocycles. The van der Waals surface area contributed by atoms with Crippen LogP contribution in [0.15, 0.2) is 24.4 Å². The zero-order valence-corrected chi connectivity index (χ0v) is 9.04. The van der Waals surface area contributed by atoms with Crippen LogP contribution >= 0.6 is 0 Å². The predicted molar refractivity (Wildman–Crippen MR) is 57.4 cm³/mol. The van der Waals surface area contributed by atoms with Gasteiger partial charge in [0.15, 0.2) is 0 Å². The molecule has 0 fully saturated rings. The number of nitriles is 1. The quantitative estimate of drug-likeness (QED) is 0.868. The molecule has 2 rings (SSSR count). The van der Waals surface area contributed by atoms with Gasteiger partial charge in [-0.15, -0.1) is 5.10 Å². The van der Waals surface area contributed by atoms with Crippen LogP contribution in [-0.4, -0.2) is 26.1 Å². The average Bonchev–Trinajstić information content (AvgIpc) is 2.76. The van der Waals surface area contributed by atoms with Crippen LogP contribution in [0.5, 0.6) is 0 Å². The first-order valence-electron chi connectivity index (χ1n) is 4.93. The Hall–Kier alpha value is -2.75. The number of halogens is 1. The Morgan fingerprint density at radius 1 is 1.56 bits per heavy atom. The van der Waals surface area contributed by atoms with Crippen LogP contribution in [0.1, 0.15) is 11.3 Å². The van der Waals surface area contributed by atoms with Gasteiger partial charge in [-0.05, 0) is 18.2 Å². The second-order valence-electron chi connectivity index (χ2n) is 3.49. The first-order valence-corrected chi connectivity index (χ1v) is 4.93. The number of aromatic nitrogens is 3. The smallest absolute Gasteiger partial charge is 0.309 e. The summed E-state index contributed by atoms with van der Waals surface area (Å²) < 4.78 is 14.8. The number of carbonyl (C=O) groups is 1. The monoisotopic (exact) mass is 246 g/mol. The van der Waals surface area contributed by atoms with Crippen molar-refractivity contribution in [2.75, 3.05) is 0 Å². The minimum absolute atomic E-state index is 0.0581. The number of hydrogen-bond acceptors (Lipinski definition) is 4. The summed E-state index contributed by atoms with van der Waals surface area (Å²) in [5.74, 6) is -1.72. The van der Waals surface area contributed by atoms with Gasteiger partial charge in [0.1, 0.15) is 11.5 Å². The molecule has 0 saturated carbocycles. The second kappa shape index (κ2) is 4.63. The lowest BCUT2D eigenvalue weighted by molar-refractivity contribution is -0.136. The van der Waals surface area contributed by atoms with Crippen molar-refractivity contribution in [1.29, 1.82) is 5.26 Å². The van der Waals surface area contributed by atoms with Gasteiger partial charge < -0.3 is 5.11 Å². The van der Waals surface area contributed by atoms with Crippen LogP contribution in [0.2, 0.25) is 0 Å². The molecule has 0 aliphatic heterocycles. The van der Waals surface area contributed by atoms with E-state index in [4.69, 9.17) is 10.4 Å². The van der Waals surface area contributed by atoms with Gasteiger partial charge in [-0.3, -0.25) is 4.79 Å². The van der Waals surface area contributed by atoms with Crippen LogP contribution < -0.4 is 0 Å². The molecule has 0 aliphatic carbocycles. The molecule has 0 atom stereocenters. The molecule has 1 N–H and O–H groups in total. The number of benzene rings is 1. The van der Waals surface area contributed by atoms with Gasteiger partial charge in [-0.1, -0.05) is 5.21 Å².